The molecule has 1 aromatic rings. The molecule has 0 fully saturated rings. The normalized spacial score (nSPS) is 12.9. The van der Waals surface area contributed by atoms with Crippen molar-refractivity contribution in [3.63, 3.8) is 0 Å². The van der Waals surface area contributed by atoms with Crippen LogP contribution in [0.4, 0.5) is 0 Å². The van der Waals surface area contributed by atoms with Crippen molar-refractivity contribution in [1.82, 2.24) is 0 Å². The number of rotatable bonds is 5. The highest BCUT2D eigenvalue weighted by Gasteiger charge is 2.04. The summed E-state index contributed by atoms with van der Waals surface area (Å²) in [4.78, 5) is 0. The number of benzene rings is 1. The monoisotopic (exact) mass is 192 g/mol. The van der Waals surface area contributed by atoms with E-state index in [0.717, 1.165) is 18.1 Å². The van der Waals surface area contributed by atoms with Gasteiger partial charge in [-0.05, 0) is 37.8 Å². The van der Waals surface area contributed by atoms with Crippen LogP contribution in [0, 0.1) is 5.92 Å². The van der Waals surface area contributed by atoms with Gasteiger partial charge in [-0.2, -0.15) is 0 Å². The molecule has 78 valence electrons. The molecule has 1 unspecified atom stereocenters. The molecular weight excluding hydrogens is 172 g/mol. The topological polar surface area (TPSA) is 9.23 Å². The van der Waals surface area contributed by atoms with Crippen molar-refractivity contribution < 1.29 is 4.74 Å². The van der Waals surface area contributed by atoms with E-state index in [9.17, 15) is 0 Å². The summed E-state index contributed by atoms with van der Waals surface area (Å²) < 4.78 is 5.76. The molecule has 0 aliphatic carbocycles. The average Bonchev–Trinajstić information content (AvgIpc) is 2.16. The van der Waals surface area contributed by atoms with Gasteiger partial charge in [0.2, 0.25) is 0 Å². The van der Waals surface area contributed by atoms with Gasteiger partial charge >= 0.3 is 0 Å². The minimum Gasteiger partial charge on any atom is -0.491 e. The van der Waals surface area contributed by atoms with E-state index in [-0.39, 0.29) is 0 Å². The molecule has 1 rings (SSSR count). The SMILES string of the molecule is CC(C)CCC(C)Oc1ccccc1. The van der Waals surface area contributed by atoms with Crippen molar-refractivity contribution >= 4 is 0 Å². The summed E-state index contributed by atoms with van der Waals surface area (Å²) in [6, 6.07) is 10.0. The van der Waals surface area contributed by atoms with Crippen molar-refractivity contribution in [2.24, 2.45) is 5.92 Å². The zero-order valence-electron chi connectivity index (χ0n) is 9.36. The minimum atomic E-state index is 0.319. The second kappa shape index (κ2) is 5.69. The molecule has 0 saturated heterocycles. The van der Waals surface area contributed by atoms with Crippen LogP contribution >= 0.6 is 0 Å². The third-order valence-corrected chi connectivity index (χ3v) is 2.23. The fraction of sp³-hybridized carbons (Fsp3) is 0.538. The highest BCUT2D eigenvalue weighted by molar-refractivity contribution is 5.21. The summed E-state index contributed by atoms with van der Waals surface area (Å²) in [7, 11) is 0. The first kappa shape index (κ1) is 11.1. The Kier molecular flexibility index (Phi) is 4.51. The molecule has 0 N–H and O–H groups in total. The van der Waals surface area contributed by atoms with E-state index in [2.05, 4.69) is 20.8 Å². The second-order valence-electron chi connectivity index (χ2n) is 4.21. The highest BCUT2D eigenvalue weighted by atomic mass is 16.5. The van der Waals surface area contributed by atoms with E-state index in [1.807, 2.05) is 30.3 Å². The lowest BCUT2D eigenvalue weighted by Gasteiger charge is -2.15. The molecule has 0 aliphatic heterocycles. The molecule has 0 radical (unpaired) electrons. The van der Waals surface area contributed by atoms with Gasteiger partial charge in [-0.15, -0.1) is 0 Å². The fourth-order valence-corrected chi connectivity index (χ4v) is 1.36. The summed E-state index contributed by atoms with van der Waals surface area (Å²) in [6.45, 7) is 6.62. The van der Waals surface area contributed by atoms with Crippen LogP contribution < -0.4 is 4.74 Å². The molecule has 0 saturated carbocycles. The Labute approximate surface area is 87.1 Å². The van der Waals surface area contributed by atoms with Crippen LogP contribution in [0.25, 0.3) is 0 Å². The molecule has 14 heavy (non-hydrogen) atoms. The van der Waals surface area contributed by atoms with Gasteiger partial charge in [-0.25, -0.2) is 0 Å². The first-order chi connectivity index (χ1) is 6.68. The van der Waals surface area contributed by atoms with Gasteiger partial charge < -0.3 is 4.74 Å². The van der Waals surface area contributed by atoms with E-state index in [1.165, 1.54) is 6.42 Å². The standard InChI is InChI=1S/C13H20O/c1-11(2)9-10-12(3)14-13-7-5-4-6-8-13/h4-8,11-12H,9-10H2,1-3H3. The molecule has 0 spiro atoms. The summed E-state index contributed by atoms with van der Waals surface area (Å²) in [5.41, 5.74) is 0. The summed E-state index contributed by atoms with van der Waals surface area (Å²) in [5.74, 6) is 1.74. The van der Waals surface area contributed by atoms with Gasteiger partial charge in [-0.1, -0.05) is 32.0 Å². The molecule has 1 nitrogen and oxygen atoms in total. The van der Waals surface area contributed by atoms with Gasteiger partial charge in [0.15, 0.2) is 0 Å². The van der Waals surface area contributed by atoms with Crippen LogP contribution in [0.2, 0.25) is 0 Å². The van der Waals surface area contributed by atoms with Gasteiger partial charge in [0.25, 0.3) is 0 Å². The Bertz CT molecular complexity index is 241. The van der Waals surface area contributed by atoms with Gasteiger partial charge in [0.05, 0.1) is 6.10 Å². The minimum absolute atomic E-state index is 0.319. The zero-order chi connectivity index (χ0) is 10.4. The van der Waals surface area contributed by atoms with E-state index < -0.39 is 0 Å². The Morgan fingerprint density at radius 2 is 1.64 bits per heavy atom. The van der Waals surface area contributed by atoms with E-state index in [4.69, 9.17) is 4.74 Å². The van der Waals surface area contributed by atoms with Crippen LogP contribution in [0.15, 0.2) is 30.3 Å². The summed E-state index contributed by atoms with van der Waals surface area (Å²) in [5, 5.41) is 0. The summed E-state index contributed by atoms with van der Waals surface area (Å²) in [6.07, 6.45) is 2.68. The number of ether oxygens (including phenoxy) is 1. The highest BCUT2D eigenvalue weighted by Crippen LogP contribution is 2.14. The van der Waals surface area contributed by atoms with Crippen molar-refractivity contribution in [2.75, 3.05) is 0 Å². The first-order valence-corrected chi connectivity index (χ1v) is 5.40. The number of hydrogen-bond acceptors (Lipinski definition) is 1. The van der Waals surface area contributed by atoms with E-state index in [1.54, 1.807) is 0 Å². The predicted molar refractivity (Wildman–Crippen MR) is 60.6 cm³/mol. The predicted octanol–water partition coefficient (Wildman–Crippen LogP) is 3.89. The smallest absolute Gasteiger partial charge is 0.119 e. The Morgan fingerprint density at radius 3 is 2.21 bits per heavy atom. The molecule has 1 heteroatoms. The molecule has 0 aromatic heterocycles. The van der Waals surface area contributed by atoms with Gasteiger partial charge in [0, 0.05) is 0 Å². The molecule has 0 bridgehead atoms. The second-order valence-corrected chi connectivity index (χ2v) is 4.21. The van der Waals surface area contributed by atoms with Crippen LogP contribution in [-0.4, -0.2) is 6.10 Å². The molecular formula is C13H20O. The van der Waals surface area contributed by atoms with E-state index in [0.29, 0.717) is 6.10 Å². The van der Waals surface area contributed by atoms with Crippen LogP contribution in [0.3, 0.4) is 0 Å². The third kappa shape index (κ3) is 4.31. The summed E-state index contributed by atoms with van der Waals surface area (Å²) >= 11 is 0. The maximum absolute atomic E-state index is 5.76. The number of para-hydroxylation sites is 1. The van der Waals surface area contributed by atoms with Crippen molar-refractivity contribution in [3.05, 3.63) is 30.3 Å². The Morgan fingerprint density at radius 1 is 1.00 bits per heavy atom. The average molecular weight is 192 g/mol. The lowest BCUT2D eigenvalue weighted by Crippen LogP contribution is -2.12. The molecule has 0 aliphatic rings. The van der Waals surface area contributed by atoms with Crippen molar-refractivity contribution in [2.45, 2.75) is 39.7 Å². The maximum Gasteiger partial charge on any atom is 0.119 e. The van der Waals surface area contributed by atoms with Gasteiger partial charge in [-0.3, -0.25) is 0 Å². The maximum atomic E-state index is 5.76. The van der Waals surface area contributed by atoms with Gasteiger partial charge in [0.1, 0.15) is 5.75 Å². The number of hydrogen-bond donors (Lipinski definition) is 0. The first-order valence-electron chi connectivity index (χ1n) is 5.40. The fourth-order valence-electron chi connectivity index (χ4n) is 1.36. The molecule has 0 amide bonds. The lowest BCUT2D eigenvalue weighted by molar-refractivity contribution is 0.201. The van der Waals surface area contributed by atoms with Crippen LogP contribution in [0.5, 0.6) is 5.75 Å². The largest absolute Gasteiger partial charge is 0.491 e. The van der Waals surface area contributed by atoms with Crippen LogP contribution in [0.1, 0.15) is 33.6 Å². The van der Waals surface area contributed by atoms with Crippen LogP contribution in [-0.2, 0) is 0 Å². The lowest BCUT2D eigenvalue weighted by atomic mass is 10.1. The Hall–Kier alpha value is -0.980. The Balaban J connectivity index is 2.30. The zero-order valence-corrected chi connectivity index (χ0v) is 9.36. The van der Waals surface area contributed by atoms with Crippen molar-refractivity contribution in [3.8, 4) is 5.75 Å². The molecule has 0 heterocycles. The third-order valence-electron chi connectivity index (χ3n) is 2.23. The molecule has 1 atom stereocenters. The quantitative estimate of drug-likeness (QED) is 0.687. The van der Waals surface area contributed by atoms with E-state index >= 15 is 0 Å². The van der Waals surface area contributed by atoms with Crippen molar-refractivity contribution in [1.29, 1.82) is 0 Å². The molecule has 1 aromatic carbocycles.